The first-order chi connectivity index (χ1) is 8.79. The van der Waals surface area contributed by atoms with Gasteiger partial charge in [-0.1, -0.05) is 0 Å². The van der Waals surface area contributed by atoms with Crippen LogP contribution in [-0.2, 0) is 17.8 Å². The average molecular weight is 266 g/mol. The summed E-state index contributed by atoms with van der Waals surface area (Å²) in [5.74, 6) is 0.886. The number of anilines is 1. The van der Waals surface area contributed by atoms with Gasteiger partial charge >= 0.3 is 0 Å². The minimum absolute atomic E-state index is 0.714. The summed E-state index contributed by atoms with van der Waals surface area (Å²) in [5.41, 5.74) is 1.06. The van der Waals surface area contributed by atoms with Crippen LogP contribution in [0.5, 0.6) is 0 Å². The number of aryl methyl sites for hydroxylation is 2. The smallest absolute Gasteiger partial charge is 0.203 e. The van der Waals surface area contributed by atoms with Crippen molar-refractivity contribution < 1.29 is 4.74 Å². The van der Waals surface area contributed by atoms with Crippen LogP contribution < -0.4 is 5.32 Å². The third-order valence-electron chi connectivity index (χ3n) is 2.56. The van der Waals surface area contributed by atoms with E-state index in [0.717, 1.165) is 36.2 Å². The summed E-state index contributed by atoms with van der Waals surface area (Å²) in [5, 5.41) is 6.47. The Morgan fingerprint density at radius 2 is 2.39 bits per heavy atom. The maximum absolute atomic E-state index is 5.05. The molecular formula is C12H18N4OS. The molecule has 0 atom stereocenters. The largest absolute Gasteiger partial charge is 0.385 e. The van der Waals surface area contributed by atoms with E-state index in [0.29, 0.717) is 6.54 Å². The summed E-state index contributed by atoms with van der Waals surface area (Å²) in [6.45, 7) is 4.40. The molecule has 0 fully saturated rings. The Bertz CT molecular complexity index is 480. The van der Waals surface area contributed by atoms with E-state index in [1.807, 2.05) is 13.1 Å². The second-order valence-electron chi connectivity index (χ2n) is 4.00. The molecule has 2 aromatic heterocycles. The summed E-state index contributed by atoms with van der Waals surface area (Å²) in [4.78, 5) is 8.72. The molecule has 0 radical (unpaired) electrons. The van der Waals surface area contributed by atoms with Gasteiger partial charge in [0.1, 0.15) is 0 Å². The number of thiazole rings is 1. The Morgan fingerprint density at radius 1 is 1.50 bits per heavy atom. The molecule has 2 rings (SSSR count). The van der Waals surface area contributed by atoms with Gasteiger partial charge in [-0.15, -0.1) is 11.3 Å². The first kappa shape index (κ1) is 13.0. The number of hydrogen-bond acceptors (Lipinski definition) is 5. The molecule has 6 heteroatoms. The van der Waals surface area contributed by atoms with Crippen molar-refractivity contribution in [2.45, 2.75) is 26.4 Å². The predicted octanol–water partition coefficient (Wildman–Crippen LogP) is 2.30. The molecule has 0 amide bonds. The Balaban J connectivity index is 1.87. The molecule has 0 saturated carbocycles. The van der Waals surface area contributed by atoms with Crippen LogP contribution in [0, 0.1) is 6.92 Å². The fraction of sp³-hybridized carbons (Fsp3) is 0.500. The highest BCUT2D eigenvalue weighted by molar-refractivity contribution is 7.09. The molecule has 0 spiro atoms. The molecule has 5 nitrogen and oxygen atoms in total. The first-order valence-corrected chi connectivity index (χ1v) is 6.82. The highest BCUT2D eigenvalue weighted by Gasteiger charge is 2.03. The van der Waals surface area contributed by atoms with Gasteiger partial charge in [-0.3, -0.25) is 0 Å². The molecule has 0 aliphatic carbocycles. The van der Waals surface area contributed by atoms with E-state index in [9.17, 15) is 0 Å². The number of imidazole rings is 1. The summed E-state index contributed by atoms with van der Waals surface area (Å²) in [6, 6.07) is 0. The second kappa shape index (κ2) is 6.51. The lowest BCUT2D eigenvalue weighted by Crippen LogP contribution is -2.08. The van der Waals surface area contributed by atoms with E-state index in [1.165, 1.54) is 0 Å². The van der Waals surface area contributed by atoms with Gasteiger partial charge in [0.25, 0.3) is 0 Å². The third-order valence-corrected chi connectivity index (χ3v) is 3.38. The maximum atomic E-state index is 5.05. The lowest BCUT2D eigenvalue weighted by Gasteiger charge is -2.08. The molecular weight excluding hydrogens is 248 g/mol. The van der Waals surface area contributed by atoms with Gasteiger partial charge in [-0.05, 0) is 13.3 Å². The number of ether oxygens (including phenoxy) is 1. The van der Waals surface area contributed by atoms with Crippen molar-refractivity contribution in [3.63, 3.8) is 0 Å². The van der Waals surface area contributed by atoms with E-state index in [-0.39, 0.29) is 0 Å². The molecule has 0 unspecified atom stereocenters. The third kappa shape index (κ3) is 3.54. The lowest BCUT2D eigenvalue weighted by molar-refractivity contribution is 0.190. The van der Waals surface area contributed by atoms with Crippen LogP contribution in [0.4, 0.5) is 5.95 Å². The highest BCUT2D eigenvalue weighted by atomic mass is 32.1. The fourth-order valence-corrected chi connectivity index (χ4v) is 2.31. The lowest BCUT2D eigenvalue weighted by atomic mass is 10.4. The van der Waals surface area contributed by atoms with E-state index >= 15 is 0 Å². The molecule has 2 heterocycles. The quantitative estimate of drug-likeness (QED) is 0.781. The average Bonchev–Trinajstić information content (AvgIpc) is 2.96. The summed E-state index contributed by atoms with van der Waals surface area (Å²) in [6.07, 6.45) is 4.77. The zero-order valence-electron chi connectivity index (χ0n) is 10.7. The van der Waals surface area contributed by atoms with Crippen molar-refractivity contribution in [1.29, 1.82) is 0 Å². The summed E-state index contributed by atoms with van der Waals surface area (Å²) in [7, 11) is 1.72. The van der Waals surface area contributed by atoms with Crippen molar-refractivity contribution >= 4 is 17.3 Å². The molecule has 0 aliphatic rings. The number of nitrogens with zero attached hydrogens (tertiary/aromatic N) is 3. The van der Waals surface area contributed by atoms with Crippen LogP contribution in [0.1, 0.15) is 17.1 Å². The van der Waals surface area contributed by atoms with Gasteiger partial charge < -0.3 is 14.6 Å². The second-order valence-corrected chi connectivity index (χ2v) is 5.06. The van der Waals surface area contributed by atoms with E-state index in [4.69, 9.17) is 4.74 Å². The molecule has 0 aliphatic heterocycles. The Hall–Kier alpha value is -1.40. The Labute approximate surface area is 111 Å². The van der Waals surface area contributed by atoms with Crippen LogP contribution in [-0.4, -0.2) is 28.3 Å². The van der Waals surface area contributed by atoms with Gasteiger partial charge in [0.05, 0.1) is 17.2 Å². The number of hydrogen-bond donors (Lipinski definition) is 1. The van der Waals surface area contributed by atoms with Crippen LogP contribution >= 0.6 is 11.3 Å². The molecule has 0 aromatic carbocycles. The van der Waals surface area contributed by atoms with E-state index in [2.05, 4.69) is 25.2 Å². The first-order valence-electron chi connectivity index (χ1n) is 5.94. The minimum atomic E-state index is 0.714. The standard InChI is InChI=1S/C12H18N4OS/c1-10-15-11(9-18-10)8-14-12-13-4-6-16(12)5-3-7-17-2/h4,6,9H,3,5,7-8H2,1-2H3,(H,13,14). The molecule has 98 valence electrons. The topological polar surface area (TPSA) is 52.0 Å². The SMILES string of the molecule is COCCCn1ccnc1NCc1csc(C)n1. The van der Waals surface area contributed by atoms with Crippen molar-refractivity contribution in [3.05, 3.63) is 28.5 Å². The number of methoxy groups -OCH3 is 1. The van der Waals surface area contributed by atoms with E-state index in [1.54, 1.807) is 24.6 Å². The van der Waals surface area contributed by atoms with Gasteiger partial charge in [0, 0.05) is 38.0 Å². The van der Waals surface area contributed by atoms with Crippen molar-refractivity contribution in [3.8, 4) is 0 Å². The van der Waals surface area contributed by atoms with Crippen LogP contribution in [0.15, 0.2) is 17.8 Å². The normalized spacial score (nSPS) is 10.8. The fourth-order valence-electron chi connectivity index (χ4n) is 1.70. The molecule has 18 heavy (non-hydrogen) atoms. The highest BCUT2D eigenvalue weighted by Crippen LogP contribution is 2.11. The van der Waals surface area contributed by atoms with Crippen LogP contribution in [0.2, 0.25) is 0 Å². The van der Waals surface area contributed by atoms with E-state index < -0.39 is 0 Å². The number of rotatable bonds is 7. The Morgan fingerprint density at radius 3 is 3.11 bits per heavy atom. The number of nitrogens with one attached hydrogen (secondary N) is 1. The molecule has 1 N–H and O–H groups in total. The van der Waals surface area contributed by atoms with Gasteiger partial charge in [-0.2, -0.15) is 0 Å². The maximum Gasteiger partial charge on any atom is 0.203 e. The van der Waals surface area contributed by atoms with Gasteiger partial charge in [-0.25, -0.2) is 9.97 Å². The van der Waals surface area contributed by atoms with Gasteiger partial charge in [0.2, 0.25) is 5.95 Å². The Kier molecular flexibility index (Phi) is 4.72. The van der Waals surface area contributed by atoms with Crippen molar-refractivity contribution in [1.82, 2.24) is 14.5 Å². The molecule has 2 aromatic rings. The molecule has 0 saturated heterocycles. The van der Waals surface area contributed by atoms with Crippen LogP contribution in [0.3, 0.4) is 0 Å². The zero-order chi connectivity index (χ0) is 12.8. The molecule has 0 bridgehead atoms. The summed E-state index contributed by atoms with van der Waals surface area (Å²) >= 11 is 1.67. The minimum Gasteiger partial charge on any atom is -0.385 e. The van der Waals surface area contributed by atoms with Gasteiger partial charge in [0.15, 0.2) is 0 Å². The van der Waals surface area contributed by atoms with Crippen molar-refractivity contribution in [2.75, 3.05) is 19.0 Å². The summed E-state index contributed by atoms with van der Waals surface area (Å²) < 4.78 is 7.14. The zero-order valence-corrected chi connectivity index (χ0v) is 11.5. The van der Waals surface area contributed by atoms with Crippen LogP contribution in [0.25, 0.3) is 0 Å². The predicted molar refractivity (Wildman–Crippen MR) is 72.9 cm³/mol. The van der Waals surface area contributed by atoms with Crippen molar-refractivity contribution in [2.24, 2.45) is 0 Å². The monoisotopic (exact) mass is 266 g/mol. The number of aromatic nitrogens is 3.